The van der Waals surface area contributed by atoms with Gasteiger partial charge in [-0.3, -0.25) is 0 Å². The largest absolute Gasteiger partial charge is 0.504 e. The molecule has 400 valence electrons. The van der Waals surface area contributed by atoms with Crippen molar-refractivity contribution >= 4 is 56.6 Å². The number of esters is 4. The Morgan fingerprint density at radius 1 is 0.397 bits per heavy atom. The van der Waals surface area contributed by atoms with Crippen LogP contribution in [0.15, 0.2) is 48.8 Å². The van der Waals surface area contributed by atoms with Crippen molar-refractivity contribution in [1.82, 2.24) is 0 Å². The summed E-state index contributed by atoms with van der Waals surface area (Å²) in [6.45, 7) is -1.42. The molecule has 5 unspecified atom stereocenters. The zero-order valence-corrected chi connectivity index (χ0v) is 37.9. The van der Waals surface area contributed by atoms with Crippen LogP contribution in [-0.2, 0) is 23.7 Å². The molecule has 0 amide bonds. The van der Waals surface area contributed by atoms with Gasteiger partial charge in [0, 0.05) is 45.2 Å². The van der Waals surface area contributed by atoms with Crippen LogP contribution in [0.1, 0.15) is 41.4 Å². The third-order valence-corrected chi connectivity index (χ3v) is 13.0. The van der Waals surface area contributed by atoms with Gasteiger partial charge in [-0.15, -0.1) is 0 Å². The van der Waals surface area contributed by atoms with Gasteiger partial charge in [0.1, 0.15) is 23.8 Å². The van der Waals surface area contributed by atoms with E-state index < -0.39 is 247 Å². The molecule has 30 nitrogen and oxygen atoms in total. The van der Waals surface area contributed by atoms with Gasteiger partial charge in [0.05, 0.1) is 21.9 Å². The summed E-state index contributed by atoms with van der Waals surface area (Å²) in [4.78, 5) is 85.7. The number of aliphatic hydroxyl groups is 1. The maximum atomic E-state index is 15.0. The molecule has 6 aromatic carbocycles. The van der Waals surface area contributed by atoms with Crippen LogP contribution in [0, 0.1) is 0 Å². The zero-order valence-electron chi connectivity index (χ0n) is 37.9. The lowest BCUT2D eigenvalue weighted by molar-refractivity contribution is -0.284. The molecule has 8 aromatic rings. The number of hydrogen-bond acceptors (Lipinski definition) is 30. The molecule has 0 radical (unpaired) electrons. The van der Waals surface area contributed by atoms with Crippen LogP contribution in [0.5, 0.6) is 97.7 Å². The Morgan fingerprint density at radius 3 is 1.56 bits per heavy atom. The monoisotopic (exact) mass is 1080 g/mol. The fourth-order valence-corrected chi connectivity index (χ4v) is 9.34. The number of phenols is 15. The van der Waals surface area contributed by atoms with Gasteiger partial charge in [-0.25, -0.2) is 28.8 Å². The maximum absolute atomic E-state index is 15.0. The first-order valence-corrected chi connectivity index (χ1v) is 21.7. The van der Waals surface area contributed by atoms with E-state index in [0.717, 1.165) is 0 Å². The number of aromatic hydroxyl groups is 15. The standard InChI is InChI=1S/C48H28O30/c49-13-2-8-18(30(58)26(13)54)7-1-11(25(53)33(61)24(7)52)46(68)77-40-37-17(73-48(70)41(40)78-43(8)65)6-71-42(64)12-4-15(51)28(56)34(62)36(12)72-16-5-10-20-22-23(47(69)76-38(20)29(16)57)21(32(60)35(63)39(22)75-45(10)67)19-9(44(66)74-37)3-14(50)27(55)31(19)59/h1-5,17,37,40-41,48-63,70H,6H2. The van der Waals surface area contributed by atoms with Crippen molar-refractivity contribution < 1.29 is 138 Å². The van der Waals surface area contributed by atoms with Gasteiger partial charge in [0.15, 0.2) is 93.3 Å². The molecule has 78 heavy (non-hydrogen) atoms. The molecule has 9 bridgehead atoms. The SMILES string of the molecule is O=C1OC2C(OC(=O)c3cc(O)c(O)c(O)c3-c3cc1c(O)c(O)c3O)C(O)OC1COC(=O)c3cc(O)c(O)c(O)c3Oc3cc4c(=O)oc5c(O)c(O)c(c6c(=O)oc(c3O)c4c56)-c3c(cc(O)c(O)c3O)C(=O)OC12. The molecule has 0 aliphatic carbocycles. The fourth-order valence-electron chi connectivity index (χ4n) is 9.34. The lowest BCUT2D eigenvalue weighted by atomic mass is 9.90. The Labute approximate surface area is 424 Å². The number of phenolic OH excluding ortho intramolecular Hbond substituents is 15. The first kappa shape index (κ1) is 49.1. The summed E-state index contributed by atoms with van der Waals surface area (Å²) >= 11 is 0. The average Bonchev–Trinajstić information content (AvgIpc) is 2.54. The summed E-state index contributed by atoms with van der Waals surface area (Å²) in [7, 11) is 0. The highest BCUT2D eigenvalue weighted by Crippen LogP contribution is 2.57. The summed E-state index contributed by atoms with van der Waals surface area (Å²) in [5.41, 5.74) is -14.3. The van der Waals surface area contributed by atoms with Gasteiger partial charge in [-0.1, -0.05) is 0 Å². The van der Waals surface area contributed by atoms with E-state index in [2.05, 4.69) is 0 Å². The highest BCUT2D eigenvalue weighted by Gasteiger charge is 2.54. The molecule has 1 saturated heterocycles. The summed E-state index contributed by atoms with van der Waals surface area (Å²) in [5.74, 6) is -31.1. The van der Waals surface area contributed by atoms with Gasteiger partial charge >= 0.3 is 35.1 Å². The second kappa shape index (κ2) is 16.7. The third-order valence-electron chi connectivity index (χ3n) is 13.0. The molecule has 1 fully saturated rings. The molecule has 0 saturated carbocycles. The number of ether oxygens (including phenoxy) is 6. The van der Waals surface area contributed by atoms with E-state index in [1.165, 1.54) is 0 Å². The molecule has 4 aliphatic heterocycles. The predicted octanol–water partition coefficient (Wildman–Crippen LogP) is 2.38. The topological polar surface area (TPSA) is 508 Å². The second-order valence-corrected chi connectivity index (χ2v) is 17.3. The van der Waals surface area contributed by atoms with Crippen LogP contribution < -0.4 is 16.0 Å². The third kappa shape index (κ3) is 6.76. The van der Waals surface area contributed by atoms with Crippen molar-refractivity contribution in [2.75, 3.05) is 6.61 Å². The predicted molar refractivity (Wildman–Crippen MR) is 245 cm³/mol. The lowest BCUT2D eigenvalue weighted by Gasteiger charge is -2.42. The number of carbonyl (C=O) groups is 4. The van der Waals surface area contributed by atoms with Gasteiger partial charge in [-0.05, 0) is 18.2 Å². The quantitative estimate of drug-likeness (QED) is 0.0341. The van der Waals surface area contributed by atoms with Crippen LogP contribution in [0.4, 0.5) is 0 Å². The number of rotatable bonds is 0. The van der Waals surface area contributed by atoms with Crippen molar-refractivity contribution in [3.8, 4) is 120 Å². The Morgan fingerprint density at radius 2 is 0.910 bits per heavy atom. The minimum atomic E-state index is -2.70. The molecule has 0 spiro atoms. The van der Waals surface area contributed by atoms with Gasteiger partial charge in [0.25, 0.3) is 0 Å². The smallest absolute Gasteiger partial charge is 0.345 e. The first-order chi connectivity index (χ1) is 36.8. The van der Waals surface area contributed by atoms with Gasteiger partial charge in [-0.2, -0.15) is 0 Å². The van der Waals surface area contributed by atoms with Gasteiger partial charge in [0.2, 0.25) is 40.2 Å². The molecule has 16 N–H and O–H groups in total. The molecule has 2 aromatic heterocycles. The van der Waals surface area contributed by atoms with Crippen LogP contribution in [-0.4, -0.2) is 143 Å². The molecule has 5 atom stereocenters. The van der Waals surface area contributed by atoms with Crippen molar-refractivity contribution in [3.63, 3.8) is 0 Å². The van der Waals surface area contributed by atoms with Crippen LogP contribution in [0.3, 0.4) is 0 Å². The second-order valence-electron chi connectivity index (χ2n) is 17.3. The van der Waals surface area contributed by atoms with Gasteiger partial charge < -0.3 is 119 Å². The molecular weight excluding hydrogens is 1060 g/mol. The van der Waals surface area contributed by atoms with Crippen molar-refractivity contribution in [1.29, 1.82) is 0 Å². The van der Waals surface area contributed by atoms with E-state index in [1.54, 1.807) is 0 Å². The van der Waals surface area contributed by atoms with E-state index in [9.17, 15) is 110 Å². The fraction of sp³-hybridized carbons (Fsp3) is 0.125. The summed E-state index contributed by atoms with van der Waals surface area (Å²) in [5, 5.41) is 174. The molecule has 6 heterocycles. The minimum Gasteiger partial charge on any atom is -0.504 e. The Hall–Kier alpha value is -11.1. The Bertz CT molecular complexity index is 4210. The number of benzene rings is 6. The molecular formula is C48H28O30. The minimum absolute atomic E-state index is 0.310. The average molecular weight is 1080 g/mol. The van der Waals surface area contributed by atoms with Crippen molar-refractivity contribution in [2.24, 2.45) is 0 Å². The number of aliphatic hydroxyl groups excluding tert-OH is 1. The lowest BCUT2D eigenvalue weighted by Crippen LogP contribution is -2.62. The molecule has 4 aliphatic rings. The van der Waals surface area contributed by atoms with Crippen LogP contribution in [0.25, 0.3) is 55.0 Å². The summed E-state index contributed by atoms with van der Waals surface area (Å²) in [6, 6.07) is 2.25. The first-order valence-electron chi connectivity index (χ1n) is 21.7. The van der Waals surface area contributed by atoms with Crippen LogP contribution >= 0.6 is 0 Å². The van der Waals surface area contributed by atoms with E-state index in [1.807, 2.05) is 0 Å². The van der Waals surface area contributed by atoms with Crippen molar-refractivity contribution in [3.05, 3.63) is 73.4 Å². The van der Waals surface area contributed by atoms with Crippen LogP contribution in [0.2, 0.25) is 0 Å². The molecule has 12 rings (SSSR count). The number of fused-ring (bicyclic) bond motifs is 9. The van der Waals surface area contributed by atoms with E-state index >= 15 is 0 Å². The van der Waals surface area contributed by atoms with Crippen molar-refractivity contribution in [2.45, 2.75) is 30.7 Å². The molecule has 30 heteroatoms. The number of carbonyl (C=O) groups excluding carboxylic acids is 4. The van der Waals surface area contributed by atoms with E-state index in [4.69, 9.17) is 37.3 Å². The zero-order chi connectivity index (χ0) is 56.1. The summed E-state index contributed by atoms with van der Waals surface area (Å²) < 4.78 is 44.1. The highest BCUT2D eigenvalue weighted by molar-refractivity contribution is 6.26. The normalized spacial score (nSPS) is 19.3. The highest BCUT2D eigenvalue weighted by atomic mass is 16.7. The Kier molecular flexibility index (Phi) is 10.5. The Balaban J connectivity index is 1.19. The summed E-state index contributed by atoms with van der Waals surface area (Å²) in [6.07, 6.45) is -12.9. The maximum Gasteiger partial charge on any atom is 0.345 e. The van der Waals surface area contributed by atoms with E-state index in [-0.39, 0.29) is 0 Å². The number of hydrogen-bond donors (Lipinski definition) is 16. The van der Waals surface area contributed by atoms with E-state index in [0.29, 0.717) is 30.3 Å².